The molecule has 1 N–H and O–H groups in total. The molecule has 8 heteroatoms. The largest absolute Gasteiger partial charge is 0.481 e. The molecule has 0 fully saturated rings. The summed E-state index contributed by atoms with van der Waals surface area (Å²) in [5.41, 5.74) is 0. The normalized spacial score (nSPS) is 11.6. The van der Waals surface area contributed by atoms with Gasteiger partial charge in [-0.1, -0.05) is 0 Å². The first-order valence-electron chi connectivity index (χ1n) is 3.75. The van der Waals surface area contributed by atoms with Gasteiger partial charge in [-0.25, -0.2) is 8.42 Å². The zero-order valence-electron chi connectivity index (χ0n) is 7.24. The Morgan fingerprint density at radius 1 is 1.60 bits per heavy atom. The number of hydrogen-bond acceptors (Lipinski definition) is 4. The second-order valence-corrected chi connectivity index (χ2v) is 7.43. The van der Waals surface area contributed by atoms with E-state index in [1.807, 2.05) is 0 Å². The van der Waals surface area contributed by atoms with Gasteiger partial charge in [0.05, 0.1) is 6.42 Å². The Balaban J connectivity index is 2.92. The van der Waals surface area contributed by atoms with Crippen LogP contribution in [0, 0.1) is 0 Å². The molecule has 0 aliphatic heterocycles. The summed E-state index contributed by atoms with van der Waals surface area (Å²) in [5, 5.41) is 8.46. The van der Waals surface area contributed by atoms with Crippen LogP contribution in [0.1, 0.15) is 11.3 Å². The fourth-order valence-corrected chi connectivity index (χ4v) is 4.83. The number of halogens is 2. The lowest BCUT2D eigenvalue weighted by atomic mass is 10.3. The van der Waals surface area contributed by atoms with Crippen LogP contribution in [0.2, 0.25) is 0 Å². The molecule has 1 rings (SSSR count). The van der Waals surface area contributed by atoms with Gasteiger partial charge < -0.3 is 5.11 Å². The lowest BCUT2D eigenvalue weighted by Crippen LogP contribution is -1.95. The van der Waals surface area contributed by atoms with Gasteiger partial charge >= 0.3 is 5.97 Å². The van der Waals surface area contributed by atoms with E-state index in [0.717, 1.165) is 11.3 Å². The van der Waals surface area contributed by atoms with E-state index in [9.17, 15) is 13.2 Å². The van der Waals surface area contributed by atoms with Crippen molar-refractivity contribution in [3.63, 3.8) is 0 Å². The van der Waals surface area contributed by atoms with Crippen molar-refractivity contribution in [2.24, 2.45) is 0 Å². The maximum absolute atomic E-state index is 11.0. The summed E-state index contributed by atoms with van der Waals surface area (Å²) < 4.78 is 22.5. The van der Waals surface area contributed by atoms with Crippen LogP contribution in [0.5, 0.6) is 0 Å². The summed E-state index contributed by atoms with van der Waals surface area (Å²) in [4.78, 5) is 11.0. The average molecular weight is 334 g/mol. The van der Waals surface area contributed by atoms with Crippen LogP contribution in [-0.4, -0.2) is 19.5 Å². The van der Waals surface area contributed by atoms with Crippen molar-refractivity contribution in [3.05, 3.63) is 15.4 Å². The Labute approximate surface area is 103 Å². The predicted octanol–water partition coefficient (Wildman–Crippen LogP) is 2.46. The summed E-state index contributed by atoms with van der Waals surface area (Å²) in [6.07, 6.45) is 0.264. The van der Waals surface area contributed by atoms with Gasteiger partial charge in [-0.15, -0.1) is 11.3 Å². The number of aliphatic carboxylic acids is 1. The van der Waals surface area contributed by atoms with E-state index in [2.05, 4.69) is 15.9 Å². The van der Waals surface area contributed by atoms with Gasteiger partial charge in [0.1, 0.15) is 4.21 Å². The topological polar surface area (TPSA) is 71.4 Å². The predicted molar refractivity (Wildman–Crippen MR) is 61.0 cm³/mol. The quantitative estimate of drug-likeness (QED) is 0.859. The molecular weight excluding hydrogens is 328 g/mol. The molecule has 0 unspecified atom stereocenters. The monoisotopic (exact) mass is 332 g/mol. The Morgan fingerprint density at radius 2 is 2.20 bits per heavy atom. The minimum atomic E-state index is -3.75. The van der Waals surface area contributed by atoms with Crippen LogP contribution in [0.15, 0.2) is 14.7 Å². The minimum absolute atomic E-state index is 0.0181. The molecule has 0 atom stereocenters. The summed E-state index contributed by atoms with van der Waals surface area (Å²) in [6.45, 7) is 0. The van der Waals surface area contributed by atoms with Crippen molar-refractivity contribution >= 4 is 53.0 Å². The zero-order valence-corrected chi connectivity index (χ0v) is 11.2. The van der Waals surface area contributed by atoms with E-state index in [-0.39, 0.29) is 10.6 Å². The SMILES string of the molecule is O=C(O)CCc1cc(Br)c(S(=O)(=O)Cl)s1. The highest BCUT2D eigenvalue weighted by atomic mass is 79.9. The van der Waals surface area contributed by atoms with E-state index >= 15 is 0 Å². The van der Waals surface area contributed by atoms with Crippen LogP contribution in [-0.2, 0) is 20.3 Å². The molecule has 0 bridgehead atoms. The van der Waals surface area contributed by atoms with Crippen LogP contribution in [0.4, 0.5) is 0 Å². The van der Waals surface area contributed by atoms with E-state index in [1.165, 1.54) is 0 Å². The van der Waals surface area contributed by atoms with E-state index < -0.39 is 15.0 Å². The second-order valence-electron chi connectivity index (χ2n) is 2.68. The van der Waals surface area contributed by atoms with Gasteiger partial charge in [0.15, 0.2) is 0 Å². The lowest BCUT2D eigenvalue weighted by Gasteiger charge is -1.91. The van der Waals surface area contributed by atoms with Crippen molar-refractivity contribution < 1.29 is 18.3 Å². The molecule has 0 saturated heterocycles. The Morgan fingerprint density at radius 3 is 2.60 bits per heavy atom. The van der Waals surface area contributed by atoms with Gasteiger partial charge in [0.25, 0.3) is 9.05 Å². The van der Waals surface area contributed by atoms with Crippen LogP contribution < -0.4 is 0 Å². The third-order valence-corrected chi connectivity index (χ3v) is 5.96. The van der Waals surface area contributed by atoms with E-state index in [1.54, 1.807) is 6.07 Å². The summed E-state index contributed by atoms with van der Waals surface area (Å²) in [5.74, 6) is -0.921. The standard InChI is InChI=1S/C7H6BrClO4S2/c8-5-3-4(1-2-6(10)11)14-7(5)15(9,12)13/h3H,1-2H2,(H,10,11). The molecule has 0 spiro atoms. The summed E-state index contributed by atoms with van der Waals surface area (Å²) in [6, 6.07) is 1.57. The fraction of sp³-hybridized carbons (Fsp3) is 0.286. The molecule has 0 aliphatic carbocycles. The van der Waals surface area contributed by atoms with Crippen molar-refractivity contribution in [1.29, 1.82) is 0 Å². The first kappa shape index (κ1) is 13.0. The molecule has 1 aromatic rings. The Bertz CT molecular complexity index is 479. The van der Waals surface area contributed by atoms with Crippen molar-refractivity contribution in [3.8, 4) is 0 Å². The van der Waals surface area contributed by atoms with Crippen molar-refractivity contribution in [2.75, 3.05) is 0 Å². The number of carboxylic acids is 1. The van der Waals surface area contributed by atoms with Crippen molar-refractivity contribution in [2.45, 2.75) is 17.1 Å². The molecule has 0 radical (unpaired) electrons. The molecule has 0 saturated carbocycles. The third kappa shape index (κ3) is 3.75. The average Bonchev–Trinajstić information content (AvgIpc) is 2.42. The maximum Gasteiger partial charge on any atom is 0.303 e. The van der Waals surface area contributed by atoms with E-state index in [0.29, 0.717) is 15.8 Å². The number of thiophene rings is 1. The molecule has 15 heavy (non-hydrogen) atoms. The van der Waals surface area contributed by atoms with Crippen molar-refractivity contribution in [1.82, 2.24) is 0 Å². The van der Waals surface area contributed by atoms with Gasteiger partial charge in [0, 0.05) is 20.0 Å². The second kappa shape index (κ2) is 4.82. The number of carboxylic acid groups (broad SMARTS) is 1. The number of rotatable bonds is 4. The van der Waals surface area contributed by atoms with Gasteiger partial charge in [-0.3, -0.25) is 4.79 Å². The summed E-state index contributed by atoms with van der Waals surface area (Å²) >= 11 is 4.04. The first-order valence-corrected chi connectivity index (χ1v) is 7.67. The number of aryl methyl sites for hydroxylation is 1. The first-order chi connectivity index (χ1) is 6.80. The molecule has 1 heterocycles. The Kier molecular flexibility index (Phi) is 4.16. The van der Waals surface area contributed by atoms with Gasteiger partial charge in [-0.2, -0.15) is 0 Å². The van der Waals surface area contributed by atoms with Crippen LogP contribution in [0.25, 0.3) is 0 Å². The highest BCUT2D eigenvalue weighted by Crippen LogP contribution is 2.34. The zero-order chi connectivity index (χ0) is 11.6. The highest BCUT2D eigenvalue weighted by molar-refractivity contribution is 9.10. The molecule has 0 amide bonds. The molecule has 1 aromatic heterocycles. The molecule has 0 aromatic carbocycles. The van der Waals surface area contributed by atoms with E-state index in [4.69, 9.17) is 15.8 Å². The molecule has 0 aliphatic rings. The third-order valence-electron chi connectivity index (χ3n) is 1.51. The minimum Gasteiger partial charge on any atom is -0.481 e. The molecule has 84 valence electrons. The molecule has 4 nitrogen and oxygen atoms in total. The Hall–Kier alpha value is -0.110. The summed E-state index contributed by atoms with van der Waals surface area (Å²) in [7, 11) is 1.42. The fourth-order valence-electron chi connectivity index (χ4n) is 0.917. The lowest BCUT2D eigenvalue weighted by molar-refractivity contribution is -0.136. The number of carbonyl (C=O) groups is 1. The smallest absolute Gasteiger partial charge is 0.303 e. The van der Waals surface area contributed by atoms with Gasteiger partial charge in [-0.05, 0) is 28.4 Å². The van der Waals surface area contributed by atoms with Gasteiger partial charge in [0.2, 0.25) is 0 Å². The molecular formula is C7H6BrClO4S2. The number of hydrogen-bond donors (Lipinski definition) is 1. The van der Waals surface area contributed by atoms with Crippen LogP contribution in [0.3, 0.4) is 0 Å². The van der Waals surface area contributed by atoms with Crippen LogP contribution >= 0.6 is 37.9 Å². The maximum atomic E-state index is 11.0. The highest BCUT2D eigenvalue weighted by Gasteiger charge is 2.18.